The van der Waals surface area contributed by atoms with Gasteiger partial charge in [-0.3, -0.25) is 4.99 Å². The Morgan fingerprint density at radius 3 is 2.55 bits per heavy atom. The first-order valence-electron chi connectivity index (χ1n) is 7.46. The molecule has 0 atom stereocenters. The van der Waals surface area contributed by atoms with Crippen molar-refractivity contribution in [3.05, 3.63) is 30.3 Å². The van der Waals surface area contributed by atoms with Crippen molar-refractivity contribution < 1.29 is 0 Å². The van der Waals surface area contributed by atoms with Crippen molar-refractivity contribution in [3.8, 4) is 0 Å². The first kappa shape index (κ1) is 17.3. The molecule has 1 aromatic rings. The van der Waals surface area contributed by atoms with E-state index < -0.39 is 0 Å². The van der Waals surface area contributed by atoms with E-state index in [4.69, 9.17) is 5.73 Å². The number of para-hydroxylation sites is 1. The molecular weight excluding hydrogens is 361 g/mol. The normalized spacial score (nSPS) is 16.5. The monoisotopic (exact) mass is 387 g/mol. The van der Waals surface area contributed by atoms with Gasteiger partial charge < -0.3 is 11.1 Å². The largest absolute Gasteiger partial charge is 0.370 e. The molecule has 0 amide bonds. The lowest BCUT2D eigenvalue weighted by Crippen LogP contribution is -2.22. The number of halogens is 1. The minimum atomic E-state index is 0. The second-order valence-corrected chi connectivity index (χ2v) is 5.40. The van der Waals surface area contributed by atoms with Crippen LogP contribution in [0.5, 0.6) is 0 Å². The van der Waals surface area contributed by atoms with Gasteiger partial charge in [-0.2, -0.15) is 0 Å². The molecule has 0 spiro atoms. The van der Waals surface area contributed by atoms with Gasteiger partial charge in [0.25, 0.3) is 0 Å². The fourth-order valence-electron chi connectivity index (χ4n) is 2.76. The second-order valence-electron chi connectivity index (χ2n) is 5.40. The highest BCUT2D eigenvalue weighted by atomic mass is 127. The number of nitrogens with one attached hydrogen (secondary N) is 1. The van der Waals surface area contributed by atoms with Crippen LogP contribution >= 0.6 is 24.0 Å². The van der Waals surface area contributed by atoms with Gasteiger partial charge in [0.05, 0.1) is 0 Å². The summed E-state index contributed by atoms with van der Waals surface area (Å²) in [6.45, 7) is 0.835. The lowest BCUT2D eigenvalue weighted by Gasteiger charge is -2.20. The first-order valence-corrected chi connectivity index (χ1v) is 7.46. The fourth-order valence-corrected chi connectivity index (χ4v) is 2.76. The number of hydrogen-bond acceptors (Lipinski definition) is 1. The van der Waals surface area contributed by atoms with E-state index in [0.29, 0.717) is 5.96 Å². The minimum Gasteiger partial charge on any atom is -0.370 e. The molecule has 2 rings (SSSR count). The number of nitrogens with two attached hydrogens (primary N) is 1. The van der Waals surface area contributed by atoms with Crippen LogP contribution in [0.4, 0.5) is 5.69 Å². The maximum Gasteiger partial charge on any atom is 0.193 e. The molecule has 0 aliphatic heterocycles. The third kappa shape index (κ3) is 6.59. The van der Waals surface area contributed by atoms with Gasteiger partial charge in [0.1, 0.15) is 0 Å². The summed E-state index contributed by atoms with van der Waals surface area (Å²) in [5, 5.41) is 3.11. The van der Waals surface area contributed by atoms with Crippen molar-refractivity contribution in [3.63, 3.8) is 0 Å². The highest BCUT2D eigenvalue weighted by Crippen LogP contribution is 2.27. The summed E-state index contributed by atoms with van der Waals surface area (Å²) in [7, 11) is 0. The van der Waals surface area contributed by atoms with Crippen LogP contribution in [0.15, 0.2) is 35.3 Å². The molecule has 4 heteroatoms. The van der Waals surface area contributed by atoms with E-state index in [1.54, 1.807) is 0 Å². The number of anilines is 1. The molecule has 1 aromatic carbocycles. The maximum absolute atomic E-state index is 5.86. The molecule has 0 radical (unpaired) electrons. The highest BCUT2D eigenvalue weighted by molar-refractivity contribution is 14.0. The van der Waals surface area contributed by atoms with Crippen LogP contribution in [-0.2, 0) is 0 Å². The molecule has 1 fully saturated rings. The summed E-state index contributed by atoms with van der Waals surface area (Å²) in [5.74, 6) is 1.46. The Hall–Kier alpha value is -0.780. The first-order chi connectivity index (χ1) is 9.34. The molecule has 0 bridgehead atoms. The van der Waals surface area contributed by atoms with E-state index in [9.17, 15) is 0 Å². The summed E-state index contributed by atoms with van der Waals surface area (Å²) in [4.78, 5) is 4.39. The van der Waals surface area contributed by atoms with Crippen molar-refractivity contribution in [2.75, 3.05) is 11.9 Å². The van der Waals surface area contributed by atoms with Gasteiger partial charge in [-0.15, -0.1) is 24.0 Å². The van der Waals surface area contributed by atoms with Gasteiger partial charge in [0, 0.05) is 12.2 Å². The molecule has 0 unspecified atom stereocenters. The summed E-state index contributed by atoms with van der Waals surface area (Å²) in [5.41, 5.74) is 6.86. The number of nitrogens with zero attached hydrogens (tertiary/aromatic N) is 1. The van der Waals surface area contributed by atoms with Crippen molar-refractivity contribution in [2.24, 2.45) is 16.6 Å². The zero-order valence-electron chi connectivity index (χ0n) is 12.1. The maximum atomic E-state index is 5.86. The SMILES string of the molecule is I.NC(=NCCCC1CCCCC1)Nc1ccccc1. The Kier molecular flexibility index (Phi) is 8.65. The van der Waals surface area contributed by atoms with Crippen LogP contribution in [-0.4, -0.2) is 12.5 Å². The number of benzene rings is 1. The Bertz CT molecular complexity index is 386. The van der Waals surface area contributed by atoms with Crippen molar-refractivity contribution in [2.45, 2.75) is 44.9 Å². The zero-order valence-corrected chi connectivity index (χ0v) is 14.4. The van der Waals surface area contributed by atoms with E-state index in [0.717, 1.165) is 24.6 Å². The topological polar surface area (TPSA) is 50.4 Å². The lowest BCUT2D eigenvalue weighted by atomic mass is 9.86. The van der Waals surface area contributed by atoms with Crippen molar-refractivity contribution in [1.82, 2.24) is 0 Å². The van der Waals surface area contributed by atoms with E-state index in [1.807, 2.05) is 30.3 Å². The van der Waals surface area contributed by atoms with Gasteiger partial charge in [-0.05, 0) is 30.9 Å². The van der Waals surface area contributed by atoms with Gasteiger partial charge in [0.15, 0.2) is 5.96 Å². The molecule has 1 aliphatic rings. The summed E-state index contributed by atoms with van der Waals surface area (Å²) < 4.78 is 0. The van der Waals surface area contributed by atoms with Crippen LogP contribution in [0.1, 0.15) is 44.9 Å². The average molecular weight is 387 g/mol. The van der Waals surface area contributed by atoms with Gasteiger partial charge in [0.2, 0.25) is 0 Å². The smallest absolute Gasteiger partial charge is 0.193 e. The van der Waals surface area contributed by atoms with E-state index in [-0.39, 0.29) is 24.0 Å². The molecule has 20 heavy (non-hydrogen) atoms. The molecule has 0 aromatic heterocycles. The minimum absolute atomic E-state index is 0. The fraction of sp³-hybridized carbons (Fsp3) is 0.562. The third-order valence-electron chi connectivity index (χ3n) is 3.82. The Labute approximate surface area is 139 Å². The van der Waals surface area contributed by atoms with Crippen LogP contribution in [0, 0.1) is 5.92 Å². The summed E-state index contributed by atoms with van der Waals surface area (Å²) in [6.07, 6.45) is 9.58. The molecular formula is C16H26IN3. The van der Waals surface area contributed by atoms with E-state index in [1.165, 1.54) is 38.5 Å². The third-order valence-corrected chi connectivity index (χ3v) is 3.82. The Morgan fingerprint density at radius 2 is 1.85 bits per heavy atom. The van der Waals surface area contributed by atoms with Gasteiger partial charge in [-0.1, -0.05) is 50.3 Å². The Balaban J connectivity index is 0.00000200. The van der Waals surface area contributed by atoms with E-state index >= 15 is 0 Å². The predicted molar refractivity (Wildman–Crippen MR) is 97.8 cm³/mol. The number of hydrogen-bond donors (Lipinski definition) is 2. The number of rotatable bonds is 5. The number of guanidine groups is 1. The van der Waals surface area contributed by atoms with Crippen molar-refractivity contribution >= 4 is 35.6 Å². The van der Waals surface area contributed by atoms with Gasteiger partial charge >= 0.3 is 0 Å². The van der Waals surface area contributed by atoms with Crippen LogP contribution in [0.2, 0.25) is 0 Å². The molecule has 0 saturated heterocycles. The standard InChI is InChI=1S/C16H25N3.HI/c17-16(19-15-11-5-2-6-12-15)18-13-7-10-14-8-3-1-4-9-14;/h2,5-6,11-12,14H,1,3-4,7-10,13H2,(H3,17,18,19);1H. The zero-order chi connectivity index (χ0) is 13.3. The molecule has 1 saturated carbocycles. The van der Waals surface area contributed by atoms with Crippen LogP contribution < -0.4 is 11.1 Å². The summed E-state index contributed by atoms with van der Waals surface area (Å²) in [6, 6.07) is 9.94. The Morgan fingerprint density at radius 1 is 1.15 bits per heavy atom. The summed E-state index contributed by atoms with van der Waals surface area (Å²) >= 11 is 0. The van der Waals surface area contributed by atoms with Crippen molar-refractivity contribution in [1.29, 1.82) is 0 Å². The quantitative estimate of drug-likeness (QED) is 0.341. The van der Waals surface area contributed by atoms with Crippen LogP contribution in [0.25, 0.3) is 0 Å². The number of aliphatic imine (C=N–C) groups is 1. The predicted octanol–water partition coefficient (Wildman–Crippen LogP) is 4.39. The van der Waals surface area contributed by atoms with Crippen LogP contribution in [0.3, 0.4) is 0 Å². The molecule has 3 nitrogen and oxygen atoms in total. The molecule has 112 valence electrons. The van der Waals surface area contributed by atoms with Gasteiger partial charge in [-0.25, -0.2) is 0 Å². The lowest BCUT2D eigenvalue weighted by molar-refractivity contribution is 0.334. The second kappa shape index (κ2) is 10.0. The molecule has 3 N–H and O–H groups in total. The molecule has 0 heterocycles. The van der Waals surface area contributed by atoms with E-state index in [2.05, 4.69) is 10.3 Å². The molecule has 1 aliphatic carbocycles. The average Bonchev–Trinajstić information content (AvgIpc) is 2.46. The highest BCUT2D eigenvalue weighted by Gasteiger charge is 2.12.